The molecule has 4 heterocycles. The monoisotopic (exact) mass is 321 g/mol. The molecule has 24 heavy (non-hydrogen) atoms. The van der Waals surface area contributed by atoms with Crippen molar-refractivity contribution < 1.29 is 4.79 Å². The molecule has 2 unspecified atom stereocenters. The summed E-state index contributed by atoms with van der Waals surface area (Å²) in [4.78, 5) is 29.6. The van der Waals surface area contributed by atoms with Crippen LogP contribution in [0.1, 0.15) is 29.9 Å². The Hall–Kier alpha value is -2.89. The molecule has 0 saturated heterocycles. The number of carbonyl (C=O) groups is 1. The Kier molecular flexibility index (Phi) is 3.26. The van der Waals surface area contributed by atoms with Crippen molar-refractivity contribution in [2.24, 2.45) is 0 Å². The Labute approximate surface area is 139 Å². The van der Waals surface area contributed by atoms with Crippen LogP contribution in [0, 0.1) is 6.92 Å². The molecule has 3 aromatic rings. The molecule has 0 aromatic carbocycles. The quantitative estimate of drug-likeness (QED) is 0.712. The highest BCUT2D eigenvalue weighted by atomic mass is 16.2. The van der Waals surface area contributed by atoms with Crippen molar-refractivity contribution in [3.05, 3.63) is 48.2 Å². The van der Waals surface area contributed by atoms with Gasteiger partial charge in [0.05, 0.1) is 5.69 Å². The van der Waals surface area contributed by atoms with E-state index in [1.165, 1.54) is 6.33 Å². The van der Waals surface area contributed by atoms with E-state index in [4.69, 9.17) is 0 Å². The third kappa shape index (κ3) is 2.14. The number of carbonyl (C=O) groups excluding carboxylic acids is 1. The topological polar surface area (TPSA) is 77.7 Å². The zero-order chi connectivity index (χ0) is 16.8. The lowest BCUT2D eigenvalue weighted by atomic mass is 10.1. The van der Waals surface area contributed by atoms with Gasteiger partial charge in [-0.25, -0.2) is 9.97 Å². The molecule has 0 aliphatic carbocycles. The first-order chi connectivity index (χ1) is 11.6. The van der Waals surface area contributed by atoms with Crippen molar-refractivity contribution in [2.75, 3.05) is 0 Å². The van der Waals surface area contributed by atoms with Gasteiger partial charge in [0, 0.05) is 35.4 Å². The van der Waals surface area contributed by atoms with Crippen LogP contribution in [0.15, 0.2) is 36.9 Å². The van der Waals surface area contributed by atoms with Crippen molar-refractivity contribution in [1.82, 2.24) is 24.8 Å². The van der Waals surface area contributed by atoms with Crippen molar-refractivity contribution >= 4 is 16.9 Å². The van der Waals surface area contributed by atoms with Gasteiger partial charge in [0.25, 0.3) is 5.91 Å². The van der Waals surface area contributed by atoms with E-state index in [0.717, 1.165) is 27.9 Å². The molecule has 1 amide bonds. The third-order valence-corrected chi connectivity index (χ3v) is 4.63. The van der Waals surface area contributed by atoms with Crippen LogP contribution in [0.3, 0.4) is 0 Å². The Balaban J connectivity index is 1.72. The van der Waals surface area contributed by atoms with E-state index < -0.39 is 0 Å². The number of aryl methyl sites for hydroxylation is 1. The van der Waals surface area contributed by atoms with Crippen LogP contribution < -0.4 is 0 Å². The molecule has 1 aliphatic rings. The van der Waals surface area contributed by atoms with Crippen LogP contribution >= 0.6 is 0 Å². The third-order valence-electron chi connectivity index (χ3n) is 4.63. The second-order valence-corrected chi connectivity index (χ2v) is 6.30. The van der Waals surface area contributed by atoms with E-state index in [0.29, 0.717) is 5.69 Å². The molecule has 6 heteroatoms. The van der Waals surface area contributed by atoms with Crippen LogP contribution in [0.25, 0.3) is 22.3 Å². The van der Waals surface area contributed by atoms with Gasteiger partial charge in [-0.2, -0.15) is 0 Å². The number of H-pyrrole nitrogens is 2. The summed E-state index contributed by atoms with van der Waals surface area (Å²) in [5, 5.41) is 0.986. The maximum absolute atomic E-state index is 12.8. The SMILES string of the molecule is Cc1c[nH]c2ncnc(-c3c[nH]c(C(=O)N4C(C)C=CC4C)c3)c12. The average molecular weight is 321 g/mol. The number of hydrogen-bond donors (Lipinski definition) is 2. The first-order valence-electron chi connectivity index (χ1n) is 8.04. The molecule has 0 spiro atoms. The average Bonchev–Trinajstić information content (AvgIpc) is 3.27. The van der Waals surface area contributed by atoms with Crippen molar-refractivity contribution in [1.29, 1.82) is 0 Å². The van der Waals surface area contributed by atoms with E-state index in [1.54, 1.807) is 0 Å². The number of rotatable bonds is 2. The molecule has 4 rings (SSSR count). The standard InChI is InChI=1S/C18H19N5O/c1-10-7-20-17-15(10)16(21-9-22-17)13-6-14(19-8-13)18(24)23-11(2)4-5-12(23)3/h4-9,11-12,19H,1-3H3,(H,20,21,22). The fraction of sp³-hybridized carbons (Fsp3) is 0.278. The van der Waals surface area contributed by atoms with Crippen molar-refractivity contribution in [2.45, 2.75) is 32.9 Å². The van der Waals surface area contributed by atoms with Crippen molar-refractivity contribution in [3.63, 3.8) is 0 Å². The molecular weight excluding hydrogens is 302 g/mol. The highest BCUT2D eigenvalue weighted by Gasteiger charge is 2.29. The predicted molar refractivity (Wildman–Crippen MR) is 92.6 cm³/mol. The number of aromatic amines is 2. The van der Waals surface area contributed by atoms with Gasteiger partial charge in [-0.05, 0) is 32.4 Å². The van der Waals surface area contributed by atoms with Crippen LogP contribution in [0.4, 0.5) is 0 Å². The largest absolute Gasteiger partial charge is 0.357 e. The molecular formula is C18H19N5O. The Bertz CT molecular complexity index is 939. The molecule has 0 fully saturated rings. The minimum atomic E-state index is 0.00217. The number of amides is 1. The maximum atomic E-state index is 12.8. The predicted octanol–water partition coefficient (Wildman–Crippen LogP) is 3.05. The summed E-state index contributed by atoms with van der Waals surface area (Å²) in [7, 11) is 0. The first-order valence-corrected chi connectivity index (χ1v) is 8.04. The van der Waals surface area contributed by atoms with Gasteiger partial charge in [0.2, 0.25) is 0 Å². The summed E-state index contributed by atoms with van der Waals surface area (Å²) in [6.07, 6.45) is 9.41. The fourth-order valence-electron chi connectivity index (χ4n) is 3.38. The molecule has 0 radical (unpaired) electrons. The number of hydrogen-bond acceptors (Lipinski definition) is 3. The molecule has 1 aliphatic heterocycles. The normalized spacial score (nSPS) is 20.2. The summed E-state index contributed by atoms with van der Waals surface area (Å²) in [6, 6.07) is 2.09. The van der Waals surface area contributed by atoms with E-state index in [1.807, 2.05) is 44.1 Å². The van der Waals surface area contributed by atoms with E-state index in [-0.39, 0.29) is 18.0 Å². The summed E-state index contributed by atoms with van der Waals surface area (Å²) >= 11 is 0. The van der Waals surface area contributed by atoms with Crippen molar-refractivity contribution in [3.8, 4) is 11.3 Å². The van der Waals surface area contributed by atoms with E-state index >= 15 is 0 Å². The van der Waals surface area contributed by atoms with Gasteiger partial charge >= 0.3 is 0 Å². The van der Waals surface area contributed by atoms with Gasteiger partial charge < -0.3 is 14.9 Å². The molecule has 6 nitrogen and oxygen atoms in total. The zero-order valence-electron chi connectivity index (χ0n) is 13.9. The second-order valence-electron chi connectivity index (χ2n) is 6.30. The zero-order valence-corrected chi connectivity index (χ0v) is 13.9. The lowest BCUT2D eigenvalue weighted by Crippen LogP contribution is -2.39. The minimum Gasteiger partial charge on any atom is -0.357 e. The number of aromatic nitrogens is 4. The lowest BCUT2D eigenvalue weighted by Gasteiger charge is -2.25. The van der Waals surface area contributed by atoms with Crippen LogP contribution in [0.5, 0.6) is 0 Å². The van der Waals surface area contributed by atoms with Gasteiger partial charge in [-0.1, -0.05) is 12.2 Å². The summed E-state index contributed by atoms with van der Waals surface area (Å²) in [5.74, 6) is 0.00217. The summed E-state index contributed by atoms with van der Waals surface area (Å²) < 4.78 is 0. The maximum Gasteiger partial charge on any atom is 0.271 e. The molecule has 3 aromatic heterocycles. The fourth-order valence-corrected chi connectivity index (χ4v) is 3.38. The Morgan fingerprint density at radius 2 is 1.88 bits per heavy atom. The summed E-state index contributed by atoms with van der Waals surface area (Å²) in [5.41, 5.74) is 4.18. The first kappa shape index (κ1) is 14.7. The molecule has 0 saturated carbocycles. The number of nitrogens with one attached hydrogen (secondary N) is 2. The van der Waals surface area contributed by atoms with E-state index in [2.05, 4.69) is 32.1 Å². The Morgan fingerprint density at radius 3 is 2.62 bits per heavy atom. The van der Waals surface area contributed by atoms with Gasteiger partial charge in [0.15, 0.2) is 0 Å². The van der Waals surface area contributed by atoms with Gasteiger partial charge in [0.1, 0.15) is 17.7 Å². The number of fused-ring (bicyclic) bond motifs is 1. The van der Waals surface area contributed by atoms with Crippen LogP contribution in [-0.4, -0.2) is 42.8 Å². The highest BCUT2D eigenvalue weighted by Crippen LogP contribution is 2.29. The molecule has 122 valence electrons. The molecule has 0 bridgehead atoms. The van der Waals surface area contributed by atoms with Gasteiger partial charge in [-0.3, -0.25) is 4.79 Å². The van der Waals surface area contributed by atoms with Crippen LogP contribution in [0.2, 0.25) is 0 Å². The minimum absolute atomic E-state index is 0.00217. The summed E-state index contributed by atoms with van der Waals surface area (Å²) in [6.45, 7) is 6.07. The smallest absolute Gasteiger partial charge is 0.271 e. The number of nitrogens with zero attached hydrogens (tertiary/aromatic N) is 3. The van der Waals surface area contributed by atoms with Gasteiger partial charge in [-0.15, -0.1) is 0 Å². The highest BCUT2D eigenvalue weighted by molar-refractivity contribution is 5.97. The van der Waals surface area contributed by atoms with E-state index in [9.17, 15) is 4.79 Å². The molecule has 2 atom stereocenters. The second kappa shape index (κ2) is 5.33. The Morgan fingerprint density at radius 1 is 1.12 bits per heavy atom. The molecule has 2 N–H and O–H groups in total. The van der Waals surface area contributed by atoms with Crippen LogP contribution in [-0.2, 0) is 0 Å². The lowest BCUT2D eigenvalue weighted by molar-refractivity contribution is 0.0704.